The molecule has 0 aromatic rings. The van der Waals surface area contributed by atoms with Crippen LogP contribution in [0, 0.1) is 11.3 Å². The summed E-state index contributed by atoms with van der Waals surface area (Å²) in [6.45, 7) is 5.23. The predicted molar refractivity (Wildman–Crippen MR) is 46.6 cm³/mol. The van der Waals surface area contributed by atoms with Crippen LogP contribution in [0.1, 0.15) is 6.92 Å². The second-order valence-electron chi connectivity index (χ2n) is 1.77. The molecule has 0 aromatic carbocycles. The summed E-state index contributed by atoms with van der Waals surface area (Å²) in [4.78, 5) is 0.744. The first-order valence-electron chi connectivity index (χ1n) is 2.80. The largest absolute Gasteiger partial charge is 0.193 e. The number of thiol groups is 1. The molecule has 0 aliphatic heterocycles. The minimum absolute atomic E-state index is 0.642. The highest BCUT2D eigenvalue weighted by atomic mass is 32.1. The van der Waals surface area contributed by atoms with Crippen molar-refractivity contribution in [2.45, 2.75) is 6.92 Å². The summed E-state index contributed by atoms with van der Waals surface area (Å²) in [5, 5.41) is 8.35. The molecule has 10 heavy (non-hydrogen) atoms. The van der Waals surface area contributed by atoms with Gasteiger partial charge in [-0.3, -0.25) is 0 Å². The van der Waals surface area contributed by atoms with Crippen LogP contribution >= 0.6 is 12.6 Å². The zero-order chi connectivity index (χ0) is 7.98. The summed E-state index contributed by atoms with van der Waals surface area (Å²) in [7, 11) is 0. The van der Waals surface area contributed by atoms with Gasteiger partial charge in [0, 0.05) is 10.5 Å². The topological polar surface area (TPSA) is 23.8 Å². The lowest BCUT2D eigenvalue weighted by Crippen LogP contribution is -1.68. The van der Waals surface area contributed by atoms with E-state index in [0.717, 1.165) is 4.91 Å². The summed E-state index contributed by atoms with van der Waals surface area (Å²) in [5.41, 5.74) is 0.642. The first-order valence-corrected chi connectivity index (χ1v) is 3.25. The summed E-state index contributed by atoms with van der Waals surface area (Å²) in [5.74, 6) is 0. The van der Waals surface area contributed by atoms with E-state index < -0.39 is 0 Å². The van der Waals surface area contributed by atoms with Gasteiger partial charge in [0.1, 0.15) is 0 Å². The first kappa shape index (κ1) is 9.06. The highest BCUT2D eigenvalue weighted by Crippen LogP contribution is 2.05. The van der Waals surface area contributed by atoms with Gasteiger partial charge in [0.05, 0.1) is 6.07 Å². The van der Waals surface area contributed by atoms with Crippen molar-refractivity contribution < 1.29 is 0 Å². The molecule has 0 amide bonds. The van der Waals surface area contributed by atoms with E-state index >= 15 is 0 Å². The van der Waals surface area contributed by atoms with E-state index in [1.54, 1.807) is 25.2 Å². The molecule has 52 valence electrons. The normalized spacial score (nSPS) is 12.5. The molecule has 0 spiro atoms. The molecule has 0 atom stereocenters. The number of nitrogens with zero attached hydrogens (tertiary/aromatic N) is 1. The van der Waals surface area contributed by atoms with Crippen LogP contribution in [0.5, 0.6) is 0 Å². The van der Waals surface area contributed by atoms with Gasteiger partial charge in [-0.05, 0) is 19.1 Å². The summed E-state index contributed by atoms with van der Waals surface area (Å²) < 4.78 is 0. The molecule has 0 radical (unpaired) electrons. The lowest BCUT2D eigenvalue weighted by molar-refractivity contribution is 1.44. The third kappa shape index (κ3) is 3.99. The van der Waals surface area contributed by atoms with Gasteiger partial charge in [-0.15, -0.1) is 12.6 Å². The predicted octanol–water partition coefficient (Wildman–Crippen LogP) is 2.46. The van der Waals surface area contributed by atoms with Gasteiger partial charge in [0.15, 0.2) is 0 Å². The monoisotopic (exact) mass is 151 g/mol. The molecule has 0 bridgehead atoms. The van der Waals surface area contributed by atoms with Crippen molar-refractivity contribution >= 4 is 12.6 Å². The Kier molecular flexibility index (Phi) is 4.43. The molecular weight excluding hydrogens is 142 g/mol. The van der Waals surface area contributed by atoms with Gasteiger partial charge in [0.25, 0.3) is 0 Å². The molecule has 1 nitrogen and oxygen atoms in total. The van der Waals surface area contributed by atoms with Crippen molar-refractivity contribution in [1.29, 1.82) is 5.26 Å². The molecule has 2 heteroatoms. The zero-order valence-electron chi connectivity index (χ0n) is 5.83. The maximum Gasteiger partial charge on any atom is 0.0944 e. The van der Waals surface area contributed by atoms with Crippen LogP contribution in [0.25, 0.3) is 0 Å². The number of allylic oxidation sites excluding steroid dienone is 4. The van der Waals surface area contributed by atoms with E-state index in [-0.39, 0.29) is 0 Å². The third-order valence-electron chi connectivity index (χ3n) is 0.829. The summed E-state index contributed by atoms with van der Waals surface area (Å²) in [6.07, 6.45) is 5.04. The second-order valence-corrected chi connectivity index (χ2v) is 2.28. The molecule has 0 fully saturated rings. The smallest absolute Gasteiger partial charge is 0.0944 e. The Hall–Kier alpha value is -0.940. The van der Waals surface area contributed by atoms with Gasteiger partial charge in [-0.25, -0.2) is 0 Å². The molecule has 0 unspecified atom stereocenters. The fourth-order valence-electron chi connectivity index (χ4n) is 0.423. The standard InChI is InChI=1S/C8H9NS/c1-3-4-8(10)5-7(2)6-9/h3-5,10H,1H2,2H3/b7-5-,8-4-. The Morgan fingerprint density at radius 3 is 2.70 bits per heavy atom. The van der Waals surface area contributed by atoms with Crippen molar-refractivity contribution in [2.75, 3.05) is 0 Å². The SMILES string of the molecule is C=C/C=C(S)/C=C(/C)C#N. The summed E-state index contributed by atoms with van der Waals surface area (Å²) >= 11 is 4.07. The molecule has 0 heterocycles. The maximum absolute atomic E-state index is 8.35. The van der Waals surface area contributed by atoms with Gasteiger partial charge >= 0.3 is 0 Å². The lowest BCUT2D eigenvalue weighted by Gasteiger charge is -1.86. The molecule has 0 aliphatic rings. The molecule has 0 N–H and O–H groups in total. The first-order chi connectivity index (χ1) is 4.70. The molecule has 0 saturated carbocycles. The Morgan fingerprint density at radius 1 is 1.70 bits per heavy atom. The highest BCUT2D eigenvalue weighted by Gasteiger charge is 1.84. The molecule has 0 aliphatic carbocycles. The molecule has 0 rings (SSSR count). The maximum atomic E-state index is 8.35. The Balaban J connectivity index is 4.29. The van der Waals surface area contributed by atoms with E-state index in [2.05, 4.69) is 19.2 Å². The van der Waals surface area contributed by atoms with Crippen LogP contribution in [0.4, 0.5) is 0 Å². The molecule has 0 saturated heterocycles. The van der Waals surface area contributed by atoms with Crippen LogP contribution in [0.15, 0.2) is 35.3 Å². The number of nitriles is 1. The number of rotatable bonds is 2. The molecule has 0 aromatic heterocycles. The van der Waals surface area contributed by atoms with Crippen molar-refractivity contribution in [3.8, 4) is 6.07 Å². The van der Waals surface area contributed by atoms with Crippen LogP contribution < -0.4 is 0 Å². The van der Waals surface area contributed by atoms with Gasteiger partial charge in [-0.2, -0.15) is 5.26 Å². The highest BCUT2D eigenvalue weighted by molar-refractivity contribution is 7.84. The van der Waals surface area contributed by atoms with Crippen molar-refractivity contribution in [1.82, 2.24) is 0 Å². The van der Waals surface area contributed by atoms with E-state index in [9.17, 15) is 0 Å². The molecular formula is C8H9NS. The fraction of sp³-hybridized carbons (Fsp3) is 0.125. The van der Waals surface area contributed by atoms with Crippen LogP contribution in [-0.4, -0.2) is 0 Å². The second kappa shape index (κ2) is 4.89. The van der Waals surface area contributed by atoms with E-state index in [0.29, 0.717) is 5.57 Å². The van der Waals surface area contributed by atoms with E-state index in [1.165, 1.54) is 0 Å². The Bertz CT molecular complexity index is 218. The minimum Gasteiger partial charge on any atom is -0.193 e. The Morgan fingerprint density at radius 2 is 2.30 bits per heavy atom. The summed E-state index contributed by atoms with van der Waals surface area (Å²) in [6, 6.07) is 1.99. The van der Waals surface area contributed by atoms with Crippen molar-refractivity contribution in [2.24, 2.45) is 0 Å². The van der Waals surface area contributed by atoms with Crippen LogP contribution in [0.3, 0.4) is 0 Å². The zero-order valence-corrected chi connectivity index (χ0v) is 6.73. The average Bonchev–Trinajstić information content (AvgIpc) is 1.88. The van der Waals surface area contributed by atoms with Gasteiger partial charge in [0.2, 0.25) is 0 Å². The Labute approximate surface area is 66.8 Å². The van der Waals surface area contributed by atoms with E-state index in [4.69, 9.17) is 5.26 Å². The van der Waals surface area contributed by atoms with E-state index in [1.807, 2.05) is 6.07 Å². The van der Waals surface area contributed by atoms with Crippen molar-refractivity contribution in [3.05, 3.63) is 35.3 Å². The minimum atomic E-state index is 0.642. The van der Waals surface area contributed by atoms with Crippen molar-refractivity contribution in [3.63, 3.8) is 0 Å². The lowest BCUT2D eigenvalue weighted by atomic mass is 10.3. The fourth-order valence-corrected chi connectivity index (χ4v) is 0.722. The van der Waals surface area contributed by atoms with Crippen LogP contribution in [0.2, 0.25) is 0 Å². The quantitative estimate of drug-likeness (QED) is 0.366. The third-order valence-corrected chi connectivity index (χ3v) is 1.11. The number of hydrogen-bond donors (Lipinski definition) is 1. The van der Waals surface area contributed by atoms with Gasteiger partial charge < -0.3 is 0 Å². The average molecular weight is 151 g/mol. The van der Waals surface area contributed by atoms with Crippen LogP contribution in [-0.2, 0) is 0 Å². The van der Waals surface area contributed by atoms with Gasteiger partial charge in [-0.1, -0.05) is 12.7 Å². The number of hydrogen-bond acceptors (Lipinski definition) is 2.